The normalized spacial score (nSPS) is 20.8. The minimum absolute atomic E-state index is 0.00311. The highest BCUT2D eigenvalue weighted by Crippen LogP contribution is 2.32. The molecule has 1 amide bonds. The Hall–Kier alpha value is -3.04. The van der Waals surface area contributed by atoms with Crippen molar-refractivity contribution in [2.45, 2.75) is 83.9 Å². The average Bonchev–Trinajstić information content (AvgIpc) is 3.53. The lowest BCUT2D eigenvalue weighted by Crippen LogP contribution is -2.45. The first-order valence-electron chi connectivity index (χ1n) is 13.6. The number of Topliss-reactive ketones (excluding diaryl/α,β-unsaturated/α-hetero) is 1. The lowest BCUT2D eigenvalue weighted by atomic mass is 10.0. The summed E-state index contributed by atoms with van der Waals surface area (Å²) >= 11 is 1.58. The van der Waals surface area contributed by atoms with E-state index in [1.54, 1.807) is 23.2 Å². The van der Waals surface area contributed by atoms with E-state index in [1.165, 1.54) is 0 Å². The summed E-state index contributed by atoms with van der Waals surface area (Å²) in [5.74, 6) is 0.00311. The fraction of sp³-hybridized carbons (Fsp3) is 0.438. The Morgan fingerprint density at radius 3 is 1.93 bits per heavy atom. The molecule has 8 heteroatoms. The molecule has 0 aliphatic carbocycles. The van der Waals surface area contributed by atoms with E-state index in [0.717, 1.165) is 16.0 Å². The van der Waals surface area contributed by atoms with Crippen LogP contribution in [-0.4, -0.2) is 53.3 Å². The zero-order valence-corrected chi connectivity index (χ0v) is 24.5. The zero-order valence-electron chi connectivity index (χ0n) is 23.7. The number of nitrogens with zero attached hydrogens (tertiary/aromatic N) is 1. The van der Waals surface area contributed by atoms with Crippen molar-refractivity contribution in [2.75, 3.05) is 6.54 Å². The molecule has 1 aromatic heterocycles. The molecule has 0 unspecified atom stereocenters. The number of hydrogen-bond donors (Lipinski definition) is 0. The second-order valence-electron chi connectivity index (χ2n) is 11.1. The molecule has 0 radical (unpaired) electrons. The Kier molecular flexibility index (Phi) is 10.5. The van der Waals surface area contributed by atoms with E-state index in [-0.39, 0.29) is 18.7 Å². The summed E-state index contributed by atoms with van der Waals surface area (Å²) < 4.78 is 25.2. The Labute approximate surface area is 241 Å². The van der Waals surface area contributed by atoms with Crippen LogP contribution < -0.4 is 0 Å². The number of ketones is 1. The van der Waals surface area contributed by atoms with Crippen LogP contribution in [0.25, 0.3) is 0 Å². The van der Waals surface area contributed by atoms with Crippen molar-refractivity contribution in [1.82, 2.24) is 4.90 Å². The molecule has 40 heavy (non-hydrogen) atoms. The Bertz CT molecular complexity index is 1200. The lowest BCUT2D eigenvalue weighted by molar-refractivity contribution is -0.122. The highest BCUT2D eigenvalue weighted by Gasteiger charge is 2.47. The summed E-state index contributed by atoms with van der Waals surface area (Å²) in [5.41, 5.74) is 1.38. The number of benzene rings is 2. The standard InChI is InChI=1S/C32H39NO6S/c1-23(34)18-27-29(36-21-24-12-7-5-8-13-24)30(37-22-25-14-9-6-10-15-25)28(38-27)20-33(19-26-16-11-17-40-26)31(35)39-32(2,3)4/h5-17,27-30H,18-22H2,1-4H3/t27-,28-,29+,30-/m1/s1. The molecule has 1 aliphatic rings. The summed E-state index contributed by atoms with van der Waals surface area (Å²) in [5, 5.41) is 1.98. The van der Waals surface area contributed by atoms with Crippen LogP contribution in [0.4, 0.5) is 4.79 Å². The fourth-order valence-electron chi connectivity index (χ4n) is 4.67. The van der Waals surface area contributed by atoms with Gasteiger partial charge in [-0.3, -0.25) is 4.79 Å². The first kappa shape index (κ1) is 29.9. The molecule has 4 rings (SSSR count). The summed E-state index contributed by atoms with van der Waals surface area (Å²) in [6.45, 7) is 8.41. The van der Waals surface area contributed by atoms with Crippen LogP contribution in [0.1, 0.15) is 50.1 Å². The van der Waals surface area contributed by atoms with Gasteiger partial charge in [0.15, 0.2) is 0 Å². The van der Waals surface area contributed by atoms with Crippen molar-refractivity contribution in [1.29, 1.82) is 0 Å². The minimum Gasteiger partial charge on any atom is -0.444 e. The van der Waals surface area contributed by atoms with Gasteiger partial charge < -0.3 is 23.8 Å². The molecule has 2 aromatic carbocycles. The van der Waals surface area contributed by atoms with E-state index in [4.69, 9.17) is 18.9 Å². The van der Waals surface area contributed by atoms with Gasteiger partial charge in [0.1, 0.15) is 29.7 Å². The van der Waals surface area contributed by atoms with Gasteiger partial charge in [-0.05, 0) is 50.3 Å². The minimum atomic E-state index is -0.650. The molecular formula is C32H39NO6S. The van der Waals surface area contributed by atoms with Crippen LogP contribution >= 0.6 is 11.3 Å². The van der Waals surface area contributed by atoms with Gasteiger partial charge in [-0.15, -0.1) is 11.3 Å². The van der Waals surface area contributed by atoms with E-state index in [9.17, 15) is 9.59 Å². The Morgan fingerprint density at radius 2 is 1.43 bits per heavy atom. The lowest BCUT2D eigenvalue weighted by Gasteiger charge is -2.31. The second-order valence-corrected chi connectivity index (χ2v) is 12.1. The molecule has 0 N–H and O–H groups in total. The molecule has 3 aromatic rings. The molecule has 4 atom stereocenters. The summed E-state index contributed by atoms with van der Waals surface area (Å²) in [6, 6.07) is 23.7. The Morgan fingerprint density at radius 1 is 0.850 bits per heavy atom. The summed E-state index contributed by atoms with van der Waals surface area (Å²) in [7, 11) is 0. The van der Waals surface area contributed by atoms with E-state index in [1.807, 2.05) is 98.9 Å². The molecule has 1 aliphatic heterocycles. The van der Waals surface area contributed by atoms with Crippen molar-refractivity contribution in [2.24, 2.45) is 0 Å². The maximum Gasteiger partial charge on any atom is 0.410 e. The first-order valence-corrected chi connectivity index (χ1v) is 14.5. The molecule has 214 valence electrons. The summed E-state index contributed by atoms with van der Waals surface area (Å²) in [6.07, 6.45) is -2.28. The number of rotatable bonds is 12. The van der Waals surface area contributed by atoms with Crippen molar-refractivity contribution in [3.05, 3.63) is 94.2 Å². The highest BCUT2D eigenvalue weighted by atomic mass is 32.1. The number of carbonyl (C=O) groups is 2. The van der Waals surface area contributed by atoms with E-state index in [2.05, 4.69) is 0 Å². The number of ether oxygens (including phenoxy) is 4. The average molecular weight is 566 g/mol. The number of hydrogen-bond acceptors (Lipinski definition) is 7. The number of thiophene rings is 1. The topological polar surface area (TPSA) is 74.3 Å². The number of carbonyl (C=O) groups excluding carboxylic acids is 2. The first-order chi connectivity index (χ1) is 19.2. The largest absolute Gasteiger partial charge is 0.444 e. The third-order valence-corrected chi connectivity index (χ3v) is 7.31. The van der Waals surface area contributed by atoms with Crippen LogP contribution in [0.5, 0.6) is 0 Å². The van der Waals surface area contributed by atoms with Gasteiger partial charge in [0.2, 0.25) is 0 Å². The van der Waals surface area contributed by atoms with Gasteiger partial charge >= 0.3 is 6.09 Å². The third kappa shape index (κ3) is 8.99. The van der Waals surface area contributed by atoms with Gasteiger partial charge in [-0.1, -0.05) is 66.7 Å². The fourth-order valence-corrected chi connectivity index (χ4v) is 5.39. The van der Waals surface area contributed by atoms with Gasteiger partial charge in [0.05, 0.1) is 32.4 Å². The Balaban J connectivity index is 1.60. The van der Waals surface area contributed by atoms with Crippen molar-refractivity contribution < 1.29 is 28.5 Å². The maximum atomic E-state index is 13.3. The van der Waals surface area contributed by atoms with Crippen LogP contribution in [0.3, 0.4) is 0 Å². The molecule has 1 fully saturated rings. The van der Waals surface area contributed by atoms with E-state index in [0.29, 0.717) is 19.8 Å². The monoisotopic (exact) mass is 565 g/mol. The summed E-state index contributed by atoms with van der Waals surface area (Å²) in [4.78, 5) is 28.3. The number of amides is 1. The zero-order chi connectivity index (χ0) is 28.5. The van der Waals surface area contributed by atoms with Crippen LogP contribution in [0.2, 0.25) is 0 Å². The SMILES string of the molecule is CC(=O)C[C@H]1O[C@H](CN(Cc2cccs2)C(=O)OC(C)(C)C)[C@@H](OCc2ccccc2)[C@H]1OCc1ccccc1. The van der Waals surface area contributed by atoms with Crippen LogP contribution in [-0.2, 0) is 43.5 Å². The van der Waals surface area contributed by atoms with E-state index < -0.39 is 36.1 Å². The van der Waals surface area contributed by atoms with Gasteiger partial charge in [0.25, 0.3) is 0 Å². The maximum absolute atomic E-state index is 13.3. The third-order valence-electron chi connectivity index (χ3n) is 6.44. The van der Waals surface area contributed by atoms with Crippen LogP contribution in [0, 0.1) is 0 Å². The molecule has 0 saturated carbocycles. The van der Waals surface area contributed by atoms with Crippen molar-refractivity contribution in [3.63, 3.8) is 0 Å². The van der Waals surface area contributed by atoms with Crippen molar-refractivity contribution >= 4 is 23.2 Å². The molecule has 1 saturated heterocycles. The molecule has 0 spiro atoms. The second kappa shape index (κ2) is 14.0. The van der Waals surface area contributed by atoms with Gasteiger partial charge in [-0.2, -0.15) is 0 Å². The molecule has 0 bridgehead atoms. The molecule has 2 heterocycles. The van der Waals surface area contributed by atoms with E-state index >= 15 is 0 Å². The van der Waals surface area contributed by atoms with Gasteiger partial charge in [0, 0.05) is 11.3 Å². The van der Waals surface area contributed by atoms with Crippen molar-refractivity contribution in [3.8, 4) is 0 Å². The predicted octanol–water partition coefficient (Wildman–Crippen LogP) is 6.40. The smallest absolute Gasteiger partial charge is 0.410 e. The molecular weight excluding hydrogens is 526 g/mol. The van der Waals surface area contributed by atoms with Gasteiger partial charge in [-0.25, -0.2) is 4.79 Å². The predicted molar refractivity (Wildman–Crippen MR) is 155 cm³/mol. The van der Waals surface area contributed by atoms with Crippen LogP contribution in [0.15, 0.2) is 78.2 Å². The highest BCUT2D eigenvalue weighted by molar-refractivity contribution is 7.09. The quantitative estimate of drug-likeness (QED) is 0.253. The molecule has 7 nitrogen and oxygen atoms in total.